The number of rotatable bonds is 6. The minimum atomic E-state index is -4.08. The second-order valence-corrected chi connectivity index (χ2v) is 8.48. The van der Waals surface area contributed by atoms with Crippen molar-refractivity contribution in [1.29, 1.82) is 0 Å². The molecule has 2 aromatic rings. The number of hydrogen-bond donors (Lipinski definition) is 2. The number of sulfonamides is 1. The average molecular weight is 427 g/mol. The minimum absolute atomic E-state index is 0.214. The fourth-order valence-corrected chi connectivity index (χ4v) is 4.31. The number of thiazole rings is 1. The molecular formula is C15H17N5O6S2. The van der Waals surface area contributed by atoms with Crippen LogP contribution in [0.3, 0.4) is 0 Å². The van der Waals surface area contributed by atoms with Crippen LogP contribution in [0.2, 0.25) is 0 Å². The van der Waals surface area contributed by atoms with Crippen molar-refractivity contribution >= 4 is 38.1 Å². The molecule has 0 spiro atoms. The third-order valence-electron chi connectivity index (χ3n) is 3.93. The maximum atomic E-state index is 12.4. The van der Waals surface area contributed by atoms with E-state index in [1.54, 1.807) is 6.92 Å². The molecule has 150 valence electrons. The van der Waals surface area contributed by atoms with E-state index in [4.69, 9.17) is 4.74 Å². The molecule has 11 nitrogen and oxygen atoms in total. The number of ether oxygens (including phenoxy) is 1. The zero-order valence-corrected chi connectivity index (χ0v) is 16.4. The Morgan fingerprint density at radius 3 is 2.54 bits per heavy atom. The molecule has 0 aliphatic carbocycles. The van der Waals surface area contributed by atoms with Gasteiger partial charge in [-0.1, -0.05) is 11.3 Å². The maximum absolute atomic E-state index is 12.4. The molecular weight excluding hydrogens is 410 g/mol. The lowest BCUT2D eigenvalue weighted by Crippen LogP contribution is -2.41. The molecule has 0 unspecified atom stereocenters. The van der Waals surface area contributed by atoms with Crippen LogP contribution in [-0.2, 0) is 14.8 Å². The van der Waals surface area contributed by atoms with Crippen molar-refractivity contribution in [2.45, 2.75) is 11.8 Å². The van der Waals surface area contributed by atoms with E-state index < -0.39 is 20.9 Å². The molecule has 0 atom stereocenters. The van der Waals surface area contributed by atoms with Crippen molar-refractivity contribution in [2.24, 2.45) is 0 Å². The smallest absolute Gasteiger partial charge is 0.278 e. The van der Waals surface area contributed by atoms with E-state index in [1.807, 2.05) is 9.73 Å². The Balaban J connectivity index is 1.67. The van der Waals surface area contributed by atoms with E-state index in [1.165, 1.54) is 0 Å². The monoisotopic (exact) mass is 427 g/mol. The molecule has 2 heterocycles. The van der Waals surface area contributed by atoms with Gasteiger partial charge in [-0.25, -0.2) is 13.4 Å². The number of aryl methyl sites for hydroxylation is 1. The number of carbonyl (C=O) groups excluding carboxylic acids is 1. The lowest BCUT2D eigenvalue weighted by molar-refractivity contribution is -0.384. The van der Waals surface area contributed by atoms with Crippen LogP contribution in [0.4, 0.5) is 10.8 Å². The number of nitro groups is 1. The van der Waals surface area contributed by atoms with Crippen LogP contribution in [-0.4, -0.2) is 50.5 Å². The summed E-state index contributed by atoms with van der Waals surface area (Å²) in [5, 5.41) is 11.3. The number of hydrogen-bond acceptors (Lipinski definition) is 9. The zero-order chi connectivity index (χ0) is 20.3. The van der Waals surface area contributed by atoms with E-state index in [9.17, 15) is 23.3 Å². The molecule has 2 N–H and O–H groups in total. The van der Waals surface area contributed by atoms with Crippen LogP contribution < -0.4 is 15.2 Å². The van der Waals surface area contributed by atoms with Crippen molar-refractivity contribution < 1.29 is 22.9 Å². The minimum Gasteiger partial charge on any atom is -0.378 e. The van der Waals surface area contributed by atoms with Crippen molar-refractivity contribution in [3.63, 3.8) is 0 Å². The van der Waals surface area contributed by atoms with E-state index in [2.05, 4.69) is 10.4 Å². The first-order valence-corrected chi connectivity index (χ1v) is 10.4. The van der Waals surface area contributed by atoms with Crippen LogP contribution in [0.15, 0.2) is 29.2 Å². The van der Waals surface area contributed by atoms with Gasteiger partial charge in [-0.05, 0) is 19.1 Å². The topological polar surface area (TPSA) is 144 Å². The van der Waals surface area contributed by atoms with Gasteiger partial charge >= 0.3 is 0 Å². The second kappa shape index (κ2) is 8.18. The highest BCUT2D eigenvalue weighted by Crippen LogP contribution is 2.26. The van der Waals surface area contributed by atoms with Gasteiger partial charge in [0.05, 0.1) is 28.7 Å². The molecule has 3 rings (SSSR count). The lowest BCUT2D eigenvalue weighted by atomic mass is 10.3. The first-order chi connectivity index (χ1) is 13.3. The van der Waals surface area contributed by atoms with Gasteiger partial charge in [0.15, 0.2) is 5.13 Å². The molecule has 1 saturated heterocycles. The van der Waals surface area contributed by atoms with Gasteiger partial charge < -0.3 is 9.64 Å². The summed E-state index contributed by atoms with van der Waals surface area (Å²) in [6.45, 7) is 4.16. The number of nitrogens with zero attached hydrogens (tertiary/aromatic N) is 3. The largest absolute Gasteiger partial charge is 0.378 e. The Hall–Kier alpha value is -2.61. The second-order valence-electron chi connectivity index (χ2n) is 5.82. The highest BCUT2D eigenvalue weighted by molar-refractivity contribution is 7.89. The standard InChI is InChI=1S/C15H17N5O6S2/c1-10-13(27-15(16-10)19-6-8-26-9-7-19)14(21)17-18-28(24,25)12-4-2-11(3-5-12)20(22)23/h2-5,18H,6-9H2,1H3,(H,17,21). The van der Waals surface area contributed by atoms with E-state index in [0.717, 1.165) is 35.6 Å². The highest BCUT2D eigenvalue weighted by Gasteiger charge is 2.22. The molecule has 1 fully saturated rings. The Morgan fingerprint density at radius 2 is 1.93 bits per heavy atom. The molecule has 1 aromatic heterocycles. The van der Waals surface area contributed by atoms with Gasteiger partial charge in [0.25, 0.3) is 21.6 Å². The summed E-state index contributed by atoms with van der Waals surface area (Å²) in [7, 11) is -4.08. The van der Waals surface area contributed by atoms with Crippen molar-refractivity contribution in [1.82, 2.24) is 15.2 Å². The van der Waals surface area contributed by atoms with Crippen LogP contribution in [0.1, 0.15) is 15.4 Å². The van der Waals surface area contributed by atoms with Gasteiger partial charge in [0.1, 0.15) is 4.88 Å². The molecule has 1 aromatic carbocycles. The molecule has 1 aliphatic rings. The van der Waals surface area contributed by atoms with E-state index in [0.29, 0.717) is 37.1 Å². The zero-order valence-electron chi connectivity index (χ0n) is 14.7. The lowest BCUT2D eigenvalue weighted by Gasteiger charge is -2.25. The number of hydrazine groups is 1. The Bertz CT molecular complexity index is 983. The summed E-state index contributed by atoms with van der Waals surface area (Å²) < 4.78 is 29.8. The normalized spacial score (nSPS) is 14.7. The van der Waals surface area contributed by atoms with Crippen LogP contribution >= 0.6 is 11.3 Å². The number of amides is 1. The van der Waals surface area contributed by atoms with E-state index in [-0.39, 0.29) is 15.5 Å². The molecule has 0 radical (unpaired) electrons. The van der Waals surface area contributed by atoms with Gasteiger partial charge in [-0.15, -0.1) is 4.83 Å². The fraction of sp³-hybridized carbons (Fsp3) is 0.333. The van der Waals surface area contributed by atoms with Crippen LogP contribution in [0, 0.1) is 17.0 Å². The predicted molar refractivity (Wildman–Crippen MR) is 101 cm³/mol. The average Bonchev–Trinajstić information content (AvgIpc) is 3.09. The first-order valence-electron chi connectivity index (χ1n) is 8.14. The number of nitrogens with one attached hydrogen (secondary N) is 2. The van der Waals surface area contributed by atoms with Gasteiger partial charge in [-0.2, -0.15) is 0 Å². The molecule has 0 saturated carbocycles. The molecule has 28 heavy (non-hydrogen) atoms. The van der Waals surface area contributed by atoms with Crippen molar-refractivity contribution in [3.05, 3.63) is 45.0 Å². The molecule has 1 amide bonds. The summed E-state index contributed by atoms with van der Waals surface area (Å²) in [6.07, 6.45) is 0. The SMILES string of the molecule is Cc1nc(N2CCOCC2)sc1C(=O)NNS(=O)(=O)c1ccc([N+](=O)[O-])cc1. The van der Waals surface area contributed by atoms with Crippen molar-refractivity contribution in [2.75, 3.05) is 31.2 Å². The Morgan fingerprint density at radius 1 is 1.29 bits per heavy atom. The third kappa shape index (κ3) is 4.44. The summed E-state index contributed by atoms with van der Waals surface area (Å²) >= 11 is 1.16. The summed E-state index contributed by atoms with van der Waals surface area (Å²) in [5.74, 6) is -0.639. The molecule has 0 bridgehead atoms. The number of benzene rings is 1. The van der Waals surface area contributed by atoms with Crippen LogP contribution in [0.5, 0.6) is 0 Å². The molecule has 1 aliphatic heterocycles. The van der Waals surface area contributed by atoms with Gasteiger partial charge in [-0.3, -0.25) is 20.3 Å². The fourth-order valence-electron chi connectivity index (χ4n) is 2.46. The highest BCUT2D eigenvalue weighted by atomic mass is 32.2. The first kappa shape index (κ1) is 20.1. The Kier molecular flexibility index (Phi) is 5.88. The van der Waals surface area contributed by atoms with Gasteiger partial charge in [0.2, 0.25) is 0 Å². The number of nitro benzene ring substituents is 1. The van der Waals surface area contributed by atoms with Gasteiger partial charge in [0, 0.05) is 25.2 Å². The number of carbonyl (C=O) groups is 1. The Labute approximate surface area is 164 Å². The third-order valence-corrected chi connectivity index (χ3v) is 6.41. The molecule has 13 heteroatoms. The number of anilines is 1. The summed E-state index contributed by atoms with van der Waals surface area (Å²) in [5.41, 5.74) is 2.40. The quantitative estimate of drug-likeness (QED) is 0.509. The number of non-ortho nitro benzene ring substituents is 1. The number of aromatic nitrogens is 1. The van der Waals surface area contributed by atoms with Crippen molar-refractivity contribution in [3.8, 4) is 0 Å². The maximum Gasteiger partial charge on any atom is 0.278 e. The summed E-state index contributed by atoms with van der Waals surface area (Å²) in [4.78, 5) is 30.8. The summed E-state index contributed by atoms with van der Waals surface area (Å²) in [6, 6.07) is 4.30. The van der Waals surface area contributed by atoms with E-state index >= 15 is 0 Å². The van der Waals surface area contributed by atoms with Crippen LogP contribution in [0.25, 0.3) is 0 Å². The predicted octanol–water partition coefficient (Wildman–Crippen LogP) is 0.820. The number of morpholine rings is 1.